The first-order chi connectivity index (χ1) is 11.4. The van der Waals surface area contributed by atoms with Crippen molar-refractivity contribution in [2.45, 2.75) is 46.7 Å². The van der Waals surface area contributed by atoms with E-state index < -0.39 is 0 Å². The molecule has 0 saturated carbocycles. The molecule has 4 heteroatoms. The van der Waals surface area contributed by atoms with Crippen LogP contribution in [0.25, 0.3) is 10.9 Å². The Hall–Kier alpha value is -1.65. The van der Waals surface area contributed by atoms with Crippen LogP contribution in [0, 0.1) is 12.3 Å². The number of aryl methyl sites for hydroxylation is 1. The minimum absolute atomic E-state index is 0.176. The maximum Gasteiger partial charge on any atom is 0.0897 e. The molecule has 1 aliphatic heterocycles. The molecule has 0 aliphatic carbocycles. The highest BCUT2D eigenvalue weighted by atomic mass is 32.1. The number of nitrogens with one attached hydrogen (secondary N) is 1. The van der Waals surface area contributed by atoms with Gasteiger partial charge in [0.25, 0.3) is 0 Å². The zero-order valence-electron chi connectivity index (χ0n) is 14.9. The minimum atomic E-state index is 0.176. The SMILES string of the molecule is Cc1ncc(CN2CCc3c([nH]c4ccccc34)C2C(C)(C)C)s1. The lowest BCUT2D eigenvalue weighted by Crippen LogP contribution is -2.41. The van der Waals surface area contributed by atoms with E-state index in [-0.39, 0.29) is 5.41 Å². The summed E-state index contributed by atoms with van der Waals surface area (Å²) in [5.41, 5.74) is 4.38. The molecule has 4 rings (SSSR count). The van der Waals surface area contributed by atoms with Crippen LogP contribution in [0.1, 0.15) is 48.0 Å². The molecule has 3 heterocycles. The normalized spacial score (nSPS) is 18.9. The molecule has 1 aromatic carbocycles. The number of aromatic nitrogens is 2. The molecule has 0 amide bonds. The maximum atomic E-state index is 4.43. The molecular weight excluding hydrogens is 314 g/mol. The summed E-state index contributed by atoms with van der Waals surface area (Å²) in [4.78, 5) is 12.2. The molecule has 3 nitrogen and oxygen atoms in total. The van der Waals surface area contributed by atoms with E-state index in [0.717, 1.165) is 24.5 Å². The molecule has 1 N–H and O–H groups in total. The van der Waals surface area contributed by atoms with Crippen molar-refractivity contribution in [3.8, 4) is 0 Å². The smallest absolute Gasteiger partial charge is 0.0897 e. The lowest BCUT2D eigenvalue weighted by Gasteiger charge is -2.43. The minimum Gasteiger partial charge on any atom is -0.357 e. The van der Waals surface area contributed by atoms with Gasteiger partial charge in [-0.3, -0.25) is 4.90 Å². The van der Waals surface area contributed by atoms with E-state index in [2.05, 4.69) is 66.8 Å². The lowest BCUT2D eigenvalue weighted by atomic mass is 9.79. The Labute approximate surface area is 147 Å². The number of benzene rings is 1. The Bertz CT molecular complexity index is 869. The number of hydrogen-bond acceptors (Lipinski definition) is 3. The summed E-state index contributed by atoms with van der Waals surface area (Å²) in [7, 11) is 0. The van der Waals surface area contributed by atoms with Gasteiger partial charge in [-0.2, -0.15) is 0 Å². The summed E-state index contributed by atoms with van der Waals surface area (Å²) in [6.07, 6.45) is 3.16. The number of H-pyrrole nitrogens is 1. The Balaban J connectivity index is 1.77. The van der Waals surface area contributed by atoms with Crippen LogP contribution in [-0.4, -0.2) is 21.4 Å². The second-order valence-corrected chi connectivity index (χ2v) is 9.22. The number of hydrogen-bond donors (Lipinski definition) is 1. The van der Waals surface area contributed by atoms with Gasteiger partial charge in [-0.05, 0) is 30.4 Å². The summed E-state index contributed by atoms with van der Waals surface area (Å²) >= 11 is 1.82. The van der Waals surface area contributed by atoms with Crippen molar-refractivity contribution in [3.63, 3.8) is 0 Å². The molecule has 1 atom stereocenters. The van der Waals surface area contributed by atoms with Gasteiger partial charge in [-0.15, -0.1) is 11.3 Å². The number of aromatic amines is 1. The molecule has 1 unspecified atom stereocenters. The highest BCUT2D eigenvalue weighted by Gasteiger charge is 2.38. The first-order valence-corrected chi connectivity index (χ1v) is 9.50. The fraction of sp³-hybridized carbons (Fsp3) is 0.450. The fourth-order valence-electron chi connectivity index (χ4n) is 4.12. The van der Waals surface area contributed by atoms with Gasteiger partial charge in [0.05, 0.1) is 11.0 Å². The number of rotatable bonds is 2. The van der Waals surface area contributed by atoms with Gasteiger partial charge in [-0.25, -0.2) is 4.98 Å². The summed E-state index contributed by atoms with van der Waals surface area (Å²) in [5, 5.41) is 2.55. The number of fused-ring (bicyclic) bond motifs is 3. The van der Waals surface area contributed by atoms with Gasteiger partial charge < -0.3 is 4.98 Å². The van der Waals surface area contributed by atoms with Crippen molar-refractivity contribution < 1.29 is 0 Å². The number of nitrogens with zero attached hydrogens (tertiary/aromatic N) is 2. The van der Waals surface area contributed by atoms with E-state index in [0.29, 0.717) is 6.04 Å². The average molecular weight is 340 g/mol. The van der Waals surface area contributed by atoms with Gasteiger partial charge in [0, 0.05) is 40.8 Å². The van der Waals surface area contributed by atoms with E-state index in [9.17, 15) is 0 Å². The van der Waals surface area contributed by atoms with Gasteiger partial charge in [0.15, 0.2) is 0 Å². The van der Waals surface area contributed by atoms with Crippen molar-refractivity contribution in [1.29, 1.82) is 0 Å². The van der Waals surface area contributed by atoms with Crippen molar-refractivity contribution in [3.05, 3.63) is 51.6 Å². The third kappa shape index (κ3) is 2.68. The first-order valence-electron chi connectivity index (χ1n) is 8.68. The molecule has 2 aromatic heterocycles. The Kier molecular flexibility index (Phi) is 3.77. The summed E-state index contributed by atoms with van der Waals surface area (Å²) in [6.45, 7) is 11.2. The summed E-state index contributed by atoms with van der Waals surface area (Å²) in [5.74, 6) is 0. The van der Waals surface area contributed by atoms with Crippen LogP contribution in [-0.2, 0) is 13.0 Å². The molecule has 0 radical (unpaired) electrons. The third-order valence-corrected chi connectivity index (χ3v) is 5.88. The predicted molar refractivity (Wildman–Crippen MR) is 101 cm³/mol. The number of para-hydroxylation sites is 1. The van der Waals surface area contributed by atoms with Crippen molar-refractivity contribution in [1.82, 2.24) is 14.9 Å². The predicted octanol–water partition coefficient (Wildman–Crippen LogP) is 5.08. The molecule has 1 aliphatic rings. The van der Waals surface area contributed by atoms with E-state index >= 15 is 0 Å². The van der Waals surface area contributed by atoms with Gasteiger partial charge in [0.2, 0.25) is 0 Å². The molecule has 0 spiro atoms. The highest BCUT2D eigenvalue weighted by Crippen LogP contribution is 2.44. The van der Waals surface area contributed by atoms with Crippen LogP contribution >= 0.6 is 11.3 Å². The lowest BCUT2D eigenvalue weighted by molar-refractivity contribution is 0.0802. The van der Waals surface area contributed by atoms with Crippen molar-refractivity contribution in [2.75, 3.05) is 6.54 Å². The van der Waals surface area contributed by atoms with Crippen molar-refractivity contribution in [2.24, 2.45) is 5.41 Å². The summed E-state index contributed by atoms with van der Waals surface area (Å²) < 4.78 is 0. The molecule has 0 saturated heterocycles. The fourth-order valence-corrected chi connectivity index (χ4v) is 4.94. The van der Waals surface area contributed by atoms with E-state index in [1.807, 2.05) is 17.5 Å². The van der Waals surface area contributed by atoms with E-state index in [4.69, 9.17) is 0 Å². The molecule has 0 bridgehead atoms. The first kappa shape index (κ1) is 15.9. The van der Waals surface area contributed by atoms with Crippen LogP contribution in [0.3, 0.4) is 0 Å². The van der Waals surface area contributed by atoms with Crippen molar-refractivity contribution >= 4 is 22.2 Å². The third-order valence-electron chi connectivity index (χ3n) is 4.98. The Morgan fingerprint density at radius 3 is 2.79 bits per heavy atom. The number of thiazole rings is 1. The van der Waals surface area contributed by atoms with Crippen LogP contribution in [0.2, 0.25) is 0 Å². The van der Waals surface area contributed by atoms with E-state index in [1.165, 1.54) is 27.0 Å². The average Bonchev–Trinajstić information content (AvgIpc) is 3.08. The molecule has 0 fully saturated rings. The molecule has 126 valence electrons. The molecule has 24 heavy (non-hydrogen) atoms. The van der Waals surface area contributed by atoms with Gasteiger partial charge in [-0.1, -0.05) is 39.0 Å². The Morgan fingerprint density at radius 2 is 2.08 bits per heavy atom. The quantitative estimate of drug-likeness (QED) is 0.706. The second-order valence-electron chi connectivity index (χ2n) is 7.90. The van der Waals surface area contributed by atoms with Gasteiger partial charge in [0.1, 0.15) is 0 Å². The standard InChI is InChI=1S/C20H25N3S/c1-13-21-11-14(24-13)12-23-10-9-16-15-7-5-6-8-17(15)22-18(16)19(23)20(2,3)4/h5-8,11,19,22H,9-10,12H2,1-4H3. The Morgan fingerprint density at radius 1 is 1.29 bits per heavy atom. The largest absolute Gasteiger partial charge is 0.357 e. The second kappa shape index (κ2) is 5.71. The molecular formula is C20H25N3S. The highest BCUT2D eigenvalue weighted by molar-refractivity contribution is 7.11. The van der Waals surface area contributed by atoms with Crippen LogP contribution in [0.15, 0.2) is 30.5 Å². The zero-order valence-corrected chi connectivity index (χ0v) is 15.7. The monoisotopic (exact) mass is 339 g/mol. The van der Waals surface area contributed by atoms with E-state index in [1.54, 1.807) is 0 Å². The zero-order chi connectivity index (χ0) is 16.9. The van der Waals surface area contributed by atoms with Crippen LogP contribution < -0.4 is 0 Å². The maximum absolute atomic E-state index is 4.43. The topological polar surface area (TPSA) is 31.9 Å². The molecule has 3 aromatic rings. The van der Waals surface area contributed by atoms with Crippen LogP contribution in [0.5, 0.6) is 0 Å². The van der Waals surface area contributed by atoms with Gasteiger partial charge >= 0.3 is 0 Å². The summed E-state index contributed by atoms with van der Waals surface area (Å²) in [6, 6.07) is 9.12. The van der Waals surface area contributed by atoms with Crippen LogP contribution in [0.4, 0.5) is 0 Å².